The van der Waals surface area contributed by atoms with Crippen LogP contribution in [0.15, 0.2) is 6.33 Å². The van der Waals surface area contributed by atoms with Gasteiger partial charge in [0.05, 0.1) is 12.9 Å². The van der Waals surface area contributed by atoms with Crippen molar-refractivity contribution in [3.8, 4) is 0 Å². The van der Waals surface area contributed by atoms with Crippen LogP contribution in [0.3, 0.4) is 0 Å². The Kier molecular flexibility index (Phi) is 6.14. The number of aliphatic hydroxyl groups excluding tert-OH is 3. The summed E-state index contributed by atoms with van der Waals surface area (Å²) < 4.78 is 7.10. The van der Waals surface area contributed by atoms with Gasteiger partial charge in [-0.3, -0.25) is 4.57 Å². The van der Waals surface area contributed by atoms with Crippen molar-refractivity contribution < 1.29 is 20.1 Å². The van der Waals surface area contributed by atoms with E-state index in [9.17, 15) is 15.3 Å². The highest BCUT2D eigenvalue weighted by Crippen LogP contribution is 2.32. The lowest BCUT2D eigenvalue weighted by atomic mass is 9.86. The van der Waals surface area contributed by atoms with Gasteiger partial charge in [0.1, 0.15) is 23.8 Å². The zero-order valence-electron chi connectivity index (χ0n) is 16.4. The van der Waals surface area contributed by atoms with Gasteiger partial charge >= 0.3 is 0 Å². The molecule has 2 fully saturated rings. The fraction of sp³-hybridized carbons (Fsp3) is 0.737. The van der Waals surface area contributed by atoms with Gasteiger partial charge in [-0.1, -0.05) is 32.1 Å². The van der Waals surface area contributed by atoms with Gasteiger partial charge in [-0.2, -0.15) is 9.97 Å². The van der Waals surface area contributed by atoms with E-state index < -0.39 is 31.1 Å². The van der Waals surface area contributed by atoms with E-state index in [-0.39, 0.29) is 5.82 Å². The maximum absolute atomic E-state index is 10.3. The van der Waals surface area contributed by atoms with Gasteiger partial charge in [-0.05, 0) is 18.8 Å². The minimum absolute atomic E-state index is 0.232. The molecule has 4 rings (SSSR count). The highest BCUT2D eigenvalue weighted by Gasteiger charge is 2.44. The van der Waals surface area contributed by atoms with Gasteiger partial charge in [0.2, 0.25) is 5.95 Å². The monoisotopic (exact) mass is 406 g/mol. The highest BCUT2D eigenvalue weighted by atomic mass is 16.6. The van der Waals surface area contributed by atoms with Crippen LogP contribution in [0.25, 0.3) is 11.2 Å². The number of rotatable bonds is 7. The fourth-order valence-corrected chi connectivity index (χ4v) is 4.38. The summed E-state index contributed by atoms with van der Waals surface area (Å²) in [5, 5.41) is 32.9. The summed E-state index contributed by atoms with van der Waals surface area (Å²) >= 11 is 0. The molecule has 1 unspecified atom stereocenters. The molecule has 10 nitrogen and oxygen atoms in total. The minimum Gasteiger partial charge on any atom is -0.394 e. The Hall–Kier alpha value is -2.01. The molecule has 2 aromatic heterocycles. The molecule has 4 atom stereocenters. The standard InChI is InChI=1S/C19H30N6O4/c20-16-13-17(25(10-22-13)18-15(28)14(27)12(9-26)29-18)24-19(23-16)21-8-4-7-11-5-2-1-3-6-11/h10-12,14-15,18,26-28H,1-9H2,(H3,20,21,23,24)/t12-,14-,15-,18?/m1/s1. The first-order valence-electron chi connectivity index (χ1n) is 10.4. The quantitative estimate of drug-likeness (QED) is 0.420. The lowest BCUT2D eigenvalue weighted by molar-refractivity contribution is -0.0511. The lowest BCUT2D eigenvalue weighted by Crippen LogP contribution is -2.33. The number of ether oxygens (including phenoxy) is 1. The fourth-order valence-electron chi connectivity index (χ4n) is 4.38. The second kappa shape index (κ2) is 8.78. The Bertz CT molecular complexity index is 824. The summed E-state index contributed by atoms with van der Waals surface area (Å²) in [6.07, 6.45) is 6.21. The molecule has 160 valence electrons. The molecule has 0 spiro atoms. The van der Waals surface area contributed by atoms with Gasteiger partial charge in [-0.25, -0.2) is 4.98 Å². The third-order valence-electron chi connectivity index (χ3n) is 6.04. The van der Waals surface area contributed by atoms with E-state index in [2.05, 4.69) is 20.3 Å². The minimum atomic E-state index is -1.22. The Balaban J connectivity index is 1.45. The van der Waals surface area contributed by atoms with Crippen molar-refractivity contribution in [3.63, 3.8) is 0 Å². The summed E-state index contributed by atoms with van der Waals surface area (Å²) in [5.74, 6) is 1.45. The number of aromatic nitrogens is 4. The second-order valence-corrected chi connectivity index (χ2v) is 8.06. The normalized spacial score (nSPS) is 28.2. The van der Waals surface area contributed by atoms with Gasteiger partial charge in [0, 0.05) is 6.54 Å². The maximum Gasteiger partial charge on any atom is 0.226 e. The molecule has 10 heteroatoms. The SMILES string of the molecule is Nc1nc(NCCCC2CCCCC2)nc2c1ncn2C1O[C@H](CO)[C@@H](O)[C@H]1O. The molecule has 1 saturated carbocycles. The molecule has 0 amide bonds. The molecule has 0 bridgehead atoms. The van der Waals surface area contributed by atoms with E-state index >= 15 is 0 Å². The zero-order chi connectivity index (χ0) is 20.4. The van der Waals surface area contributed by atoms with Crippen molar-refractivity contribution in [1.82, 2.24) is 19.5 Å². The molecular formula is C19H30N6O4. The summed E-state index contributed by atoms with van der Waals surface area (Å²) in [5.41, 5.74) is 6.85. The van der Waals surface area contributed by atoms with Gasteiger partial charge in [0.25, 0.3) is 0 Å². The van der Waals surface area contributed by atoms with Crippen molar-refractivity contribution >= 4 is 22.9 Å². The number of hydrogen-bond donors (Lipinski definition) is 5. The van der Waals surface area contributed by atoms with Crippen molar-refractivity contribution in [2.75, 3.05) is 24.2 Å². The first-order valence-corrected chi connectivity index (χ1v) is 10.4. The van der Waals surface area contributed by atoms with Crippen LogP contribution in [0.1, 0.15) is 51.2 Å². The predicted octanol–water partition coefficient (Wildman–Crippen LogP) is 0.792. The molecule has 1 aliphatic carbocycles. The molecule has 2 aromatic rings. The van der Waals surface area contributed by atoms with E-state index in [4.69, 9.17) is 10.5 Å². The van der Waals surface area contributed by atoms with Crippen LogP contribution in [0.2, 0.25) is 0 Å². The molecule has 6 N–H and O–H groups in total. The summed E-state index contributed by atoms with van der Waals surface area (Å²) in [6.45, 7) is 0.357. The maximum atomic E-state index is 10.3. The number of nitrogens with one attached hydrogen (secondary N) is 1. The topological polar surface area (TPSA) is 152 Å². The summed E-state index contributed by atoms with van der Waals surface area (Å²) in [7, 11) is 0. The van der Waals surface area contributed by atoms with Crippen molar-refractivity contribution in [2.24, 2.45) is 5.92 Å². The summed E-state index contributed by atoms with van der Waals surface area (Å²) in [4.78, 5) is 13.0. The number of aliphatic hydroxyl groups is 3. The molecular weight excluding hydrogens is 376 g/mol. The first kappa shape index (κ1) is 20.3. The van der Waals surface area contributed by atoms with Crippen LogP contribution in [-0.2, 0) is 4.74 Å². The van der Waals surface area contributed by atoms with Crippen molar-refractivity contribution in [1.29, 1.82) is 0 Å². The molecule has 0 radical (unpaired) electrons. The zero-order valence-corrected chi connectivity index (χ0v) is 16.4. The van der Waals surface area contributed by atoms with E-state index in [1.165, 1.54) is 49.4 Å². The van der Waals surface area contributed by atoms with Crippen LogP contribution < -0.4 is 11.1 Å². The van der Waals surface area contributed by atoms with Gasteiger partial charge in [-0.15, -0.1) is 0 Å². The van der Waals surface area contributed by atoms with E-state index in [1.807, 2.05) is 0 Å². The molecule has 1 saturated heterocycles. The van der Waals surface area contributed by atoms with E-state index in [0.717, 1.165) is 18.9 Å². The van der Waals surface area contributed by atoms with Gasteiger partial charge < -0.3 is 31.1 Å². The Morgan fingerprint density at radius 1 is 1.17 bits per heavy atom. The van der Waals surface area contributed by atoms with Crippen LogP contribution in [0, 0.1) is 5.92 Å². The predicted molar refractivity (Wildman–Crippen MR) is 107 cm³/mol. The highest BCUT2D eigenvalue weighted by molar-refractivity contribution is 5.83. The average molecular weight is 406 g/mol. The second-order valence-electron chi connectivity index (χ2n) is 8.06. The Morgan fingerprint density at radius 3 is 2.69 bits per heavy atom. The third kappa shape index (κ3) is 4.16. The average Bonchev–Trinajstić information content (AvgIpc) is 3.28. The molecule has 1 aliphatic heterocycles. The Labute approximate surface area is 169 Å². The number of nitrogens with two attached hydrogens (primary N) is 1. The number of nitrogens with zero attached hydrogens (tertiary/aromatic N) is 4. The number of anilines is 2. The molecule has 2 aliphatic rings. The number of fused-ring (bicyclic) bond motifs is 1. The summed E-state index contributed by atoms with van der Waals surface area (Å²) in [6, 6.07) is 0. The van der Waals surface area contributed by atoms with Crippen molar-refractivity contribution in [3.05, 3.63) is 6.33 Å². The van der Waals surface area contributed by atoms with Crippen molar-refractivity contribution in [2.45, 2.75) is 69.5 Å². The van der Waals surface area contributed by atoms with E-state index in [1.54, 1.807) is 0 Å². The molecule has 0 aromatic carbocycles. The van der Waals surface area contributed by atoms with E-state index in [0.29, 0.717) is 17.1 Å². The third-order valence-corrected chi connectivity index (χ3v) is 6.04. The molecule has 29 heavy (non-hydrogen) atoms. The lowest BCUT2D eigenvalue weighted by Gasteiger charge is -2.21. The first-order chi connectivity index (χ1) is 14.1. The number of hydrogen-bond acceptors (Lipinski definition) is 9. The van der Waals surface area contributed by atoms with Crippen LogP contribution in [0.4, 0.5) is 11.8 Å². The van der Waals surface area contributed by atoms with Gasteiger partial charge in [0.15, 0.2) is 17.7 Å². The molecule has 3 heterocycles. The van der Waals surface area contributed by atoms with Crippen LogP contribution in [-0.4, -0.2) is 66.3 Å². The smallest absolute Gasteiger partial charge is 0.226 e. The van der Waals surface area contributed by atoms with Crippen LogP contribution in [0.5, 0.6) is 0 Å². The van der Waals surface area contributed by atoms with Crippen LogP contribution >= 0.6 is 0 Å². The number of imidazole rings is 1. The number of nitrogen functional groups attached to an aromatic ring is 1. The largest absolute Gasteiger partial charge is 0.394 e. The Morgan fingerprint density at radius 2 is 1.97 bits per heavy atom.